The Morgan fingerprint density at radius 3 is 2.09 bits per heavy atom. The highest BCUT2D eigenvalue weighted by atomic mass is 16.4. The highest BCUT2D eigenvalue weighted by Gasteiger charge is 2.36. The Morgan fingerprint density at radius 2 is 1.50 bits per heavy atom. The summed E-state index contributed by atoms with van der Waals surface area (Å²) in [7, 11) is 0. The second kappa shape index (κ2) is 10.0. The minimum atomic E-state index is -1.14. The smallest absolute Gasteiger partial charge is 0.309 e. The first-order valence-electron chi connectivity index (χ1n) is 11.4. The zero-order valence-corrected chi connectivity index (χ0v) is 19.0. The van der Waals surface area contributed by atoms with Crippen LogP contribution in [0.15, 0.2) is 72.8 Å². The first-order chi connectivity index (χ1) is 16.3. The molecule has 1 aliphatic rings. The third-order valence-corrected chi connectivity index (χ3v) is 6.36. The van der Waals surface area contributed by atoms with Crippen molar-refractivity contribution >= 4 is 17.8 Å². The van der Waals surface area contributed by atoms with Gasteiger partial charge in [-0.25, -0.2) is 0 Å². The Balaban J connectivity index is 1.35. The van der Waals surface area contributed by atoms with E-state index in [1.165, 1.54) is 5.56 Å². The molecule has 0 fully saturated rings. The van der Waals surface area contributed by atoms with Gasteiger partial charge >= 0.3 is 5.97 Å². The largest absolute Gasteiger partial charge is 0.481 e. The lowest BCUT2D eigenvalue weighted by atomic mass is 9.93. The molecule has 174 valence electrons. The highest BCUT2D eigenvalue weighted by molar-refractivity contribution is 6.21. The van der Waals surface area contributed by atoms with E-state index in [0.29, 0.717) is 17.5 Å². The number of aryl methyl sites for hydroxylation is 2. The van der Waals surface area contributed by atoms with Crippen LogP contribution in [0.4, 0.5) is 0 Å². The number of aliphatic hydroxyl groups excluding tert-OH is 1. The SMILES string of the molecule is Cc1cccc(-c2ccc(CCC(O)C(CCN3C(=O)c4ccccc4C3=O)C(=O)O)cc2)c1. The number of carboxylic acids is 1. The van der Waals surface area contributed by atoms with E-state index >= 15 is 0 Å². The molecule has 2 unspecified atom stereocenters. The van der Waals surface area contributed by atoms with Crippen LogP contribution < -0.4 is 0 Å². The lowest BCUT2D eigenvalue weighted by Crippen LogP contribution is -2.36. The van der Waals surface area contributed by atoms with Crippen LogP contribution in [0.25, 0.3) is 11.1 Å². The predicted octanol–water partition coefficient (Wildman–Crippen LogP) is 4.34. The molecule has 0 bridgehead atoms. The first-order valence-corrected chi connectivity index (χ1v) is 11.4. The summed E-state index contributed by atoms with van der Waals surface area (Å²) in [5.74, 6) is -3.06. The molecule has 0 aliphatic carbocycles. The third-order valence-electron chi connectivity index (χ3n) is 6.36. The predicted molar refractivity (Wildman–Crippen MR) is 128 cm³/mol. The normalized spacial score (nSPS) is 14.7. The van der Waals surface area contributed by atoms with Gasteiger partial charge in [0.05, 0.1) is 23.1 Å². The molecule has 2 amide bonds. The molecule has 2 N–H and O–H groups in total. The second-order valence-electron chi connectivity index (χ2n) is 8.71. The van der Waals surface area contributed by atoms with E-state index in [1.54, 1.807) is 24.3 Å². The number of benzene rings is 3. The number of rotatable bonds is 9. The Hall–Kier alpha value is -3.77. The molecule has 34 heavy (non-hydrogen) atoms. The summed E-state index contributed by atoms with van der Waals surface area (Å²) in [4.78, 5) is 37.9. The molecular formula is C28H27NO5. The van der Waals surface area contributed by atoms with Crippen molar-refractivity contribution in [2.75, 3.05) is 6.54 Å². The Labute approximate surface area is 198 Å². The van der Waals surface area contributed by atoms with Gasteiger partial charge in [0.1, 0.15) is 0 Å². The van der Waals surface area contributed by atoms with Gasteiger partial charge in [0.15, 0.2) is 0 Å². The summed E-state index contributed by atoms with van der Waals surface area (Å²) in [6, 6.07) is 22.8. The van der Waals surface area contributed by atoms with Crippen LogP contribution in [0, 0.1) is 12.8 Å². The zero-order chi connectivity index (χ0) is 24.2. The van der Waals surface area contributed by atoms with Crippen molar-refractivity contribution in [1.29, 1.82) is 0 Å². The molecule has 0 saturated heterocycles. The maximum absolute atomic E-state index is 12.5. The number of aliphatic hydroxyl groups is 1. The van der Waals surface area contributed by atoms with E-state index in [2.05, 4.69) is 12.1 Å². The summed E-state index contributed by atoms with van der Waals surface area (Å²) >= 11 is 0. The lowest BCUT2D eigenvalue weighted by molar-refractivity contribution is -0.146. The van der Waals surface area contributed by atoms with Crippen molar-refractivity contribution in [3.8, 4) is 11.1 Å². The summed E-state index contributed by atoms with van der Waals surface area (Å²) in [6.45, 7) is 2.00. The van der Waals surface area contributed by atoms with E-state index in [9.17, 15) is 24.6 Å². The molecule has 0 aromatic heterocycles. The fourth-order valence-electron chi connectivity index (χ4n) is 4.40. The maximum Gasteiger partial charge on any atom is 0.309 e. The van der Waals surface area contributed by atoms with Gasteiger partial charge in [0.2, 0.25) is 0 Å². The number of carbonyl (C=O) groups excluding carboxylic acids is 2. The van der Waals surface area contributed by atoms with Gasteiger partial charge < -0.3 is 10.2 Å². The summed E-state index contributed by atoms with van der Waals surface area (Å²) in [5, 5.41) is 20.3. The van der Waals surface area contributed by atoms with E-state index in [-0.39, 0.29) is 19.4 Å². The van der Waals surface area contributed by atoms with E-state index in [4.69, 9.17) is 0 Å². The lowest BCUT2D eigenvalue weighted by Gasteiger charge is -2.22. The van der Waals surface area contributed by atoms with Crippen molar-refractivity contribution < 1.29 is 24.6 Å². The average molecular weight is 458 g/mol. The number of amides is 2. The Bertz CT molecular complexity index is 1180. The molecule has 4 rings (SSSR count). The van der Waals surface area contributed by atoms with Crippen LogP contribution in [-0.2, 0) is 11.2 Å². The number of fused-ring (bicyclic) bond motifs is 1. The molecule has 0 radical (unpaired) electrons. The van der Waals surface area contributed by atoms with Crippen LogP contribution in [0.5, 0.6) is 0 Å². The van der Waals surface area contributed by atoms with Crippen molar-refractivity contribution in [3.05, 3.63) is 95.1 Å². The number of imide groups is 1. The maximum atomic E-state index is 12.5. The van der Waals surface area contributed by atoms with Crippen LogP contribution in [0.2, 0.25) is 0 Å². The number of carbonyl (C=O) groups is 3. The number of hydrogen-bond acceptors (Lipinski definition) is 4. The fourth-order valence-corrected chi connectivity index (χ4v) is 4.40. The van der Waals surface area contributed by atoms with Crippen LogP contribution in [-0.4, -0.2) is 45.5 Å². The minimum Gasteiger partial charge on any atom is -0.481 e. The molecule has 6 nitrogen and oxygen atoms in total. The van der Waals surface area contributed by atoms with Gasteiger partial charge in [0, 0.05) is 6.54 Å². The number of aliphatic carboxylic acids is 1. The molecule has 2 atom stereocenters. The van der Waals surface area contributed by atoms with Gasteiger partial charge in [-0.1, -0.05) is 66.2 Å². The molecule has 1 aliphatic heterocycles. The summed E-state index contributed by atoms with van der Waals surface area (Å²) < 4.78 is 0. The van der Waals surface area contributed by atoms with Crippen molar-refractivity contribution in [3.63, 3.8) is 0 Å². The topological polar surface area (TPSA) is 94.9 Å². The van der Waals surface area contributed by atoms with E-state index < -0.39 is 29.8 Å². The van der Waals surface area contributed by atoms with E-state index in [1.807, 2.05) is 43.3 Å². The molecule has 3 aromatic carbocycles. The third kappa shape index (κ3) is 4.92. The van der Waals surface area contributed by atoms with Gasteiger partial charge in [-0.3, -0.25) is 19.3 Å². The minimum absolute atomic E-state index is 0.00569. The fraction of sp³-hybridized carbons (Fsp3) is 0.250. The van der Waals surface area contributed by atoms with Crippen molar-refractivity contribution in [2.45, 2.75) is 32.3 Å². The van der Waals surface area contributed by atoms with Gasteiger partial charge in [-0.15, -0.1) is 0 Å². The quantitative estimate of drug-likeness (QED) is 0.466. The molecule has 0 saturated carbocycles. The summed E-state index contributed by atoms with van der Waals surface area (Å²) in [5.41, 5.74) is 5.07. The standard InChI is InChI=1S/C28H27NO5/c1-18-5-4-6-21(17-18)20-12-9-19(10-13-20)11-14-25(30)24(28(33)34)15-16-29-26(31)22-7-2-3-8-23(22)27(29)32/h2-10,12-13,17,24-25,30H,11,14-16H2,1H3,(H,33,34). The van der Waals surface area contributed by atoms with Gasteiger partial charge in [0.25, 0.3) is 11.8 Å². The van der Waals surface area contributed by atoms with Crippen molar-refractivity contribution in [2.24, 2.45) is 5.92 Å². The van der Waals surface area contributed by atoms with Crippen LogP contribution >= 0.6 is 0 Å². The average Bonchev–Trinajstić information content (AvgIpc) is 3.08. The molecule has 0 spiro atoms. The number of carboxylic acid groups (broad SMARTS) is 1. The number of hydrogen-bond donors (Lipinski definition) is 2. The Kier molecular flexibility index (Phi) is 6.89. The van der Waals surface area contributed by atoms with Gasteiger partial charge in [-0.2, -0.15) is 0 Å². The van der Waals surface area contributed by atoms with E-state index in [0.717, 1.165) is 21.6 Å². The zero-order valence-electron chi connectivity index (χ0n) is 19.0. The van der Waals surface area contributed by atoms with Crippen LogP contribution in [0.3, 0.4) is 0 Å². The second-order valence-corrected chi connectivity index (χ2v) is 8.71. The molecule has 1 heterocycles. The Morgan fingerprint density at radius 1 is 0.853 bits per heavy atom. The number of nitrogens with zero attached hydrogens (tertiary/aromatic N) is 1. The molecular weight excluding hydrogens is 430 g/mol. The monoisotopic (exact) mass is 457 g/mol. The van der Waals surface area contributed by atoms with Gasteiger partial charge in [-0.05, 0) is 55.0 Å². The molecule has 3 aromatic rings. The summed E-state index contributed by atoms with van der Waals surface area (Å²) in [6.07, 6.45) is -0.312. The van der Waals surface area contributed by atoms with Crippen molar-refractivity contribution in [1.82, 2.24) is 4.90 Å². The molecule has 6 heteroatoms. The first kappa shape index (κ1) is 23.4. The van der Waals surface area contributed by atoms with Crippen LogP contribution in [0.1, 0.15) is 44.7 Å². The highest BCUT2D eigenvalue weighted by Crippen LogP contribution is 2.25.